The Morgan fingerprint density at radius 1 is 1.21 bits per heavy atom. The first kappa shape index (κ1) is 20.5. The highest BCUT2D eigenvalue weighted by molar-refractivity contribution is 14.0. The van der Waals surface area contributed by atoms with Crippen molar-refractivity contribution in [3.8, 4) is 5.75 Å². The number of aliphatic imine (C=N–C) groups is 1. The van der Waals surface area contributed by atoms with Crippen molar-refractivity contribution in [1.29, 1.82) is 0 Å². The van der Waals surface area contributed by atoms with Crippen LogP contribution in [0.2, 0.25) is 5.02 Å². The Hall–Kier alpha value is -1.51. The molecule has 0 saturated carbocycles. The van der Waals surface area contributed by atoms with E-state index in [0.29, 0.717) is 17.5 Å². The molecule has 0 radical (unpaired) electrons. The number of methoxy groups -OCH3 is 2. The summed E-state index contributed by atoms with van der Waals surface area (Å²) >= 11 is 6.00. The predicted octanol–water partition coefficient (Wildman–Crippen LogP) is 4.08. The number of nitrogens with two attached hydrogens (primary N) is 1. The first-order valence-corrected chi connectivity index (χ1v) is 7.49. The summed E-state index contributed by atoms with van der Waals surface area (Å²) in [6.07, 6.45) is -0.209. The second kappa shape index (κ2) is 10.4. The molecule has 2 aromatic carbocycles. The average molecular weight is 462 g/mol. The molecule has 24 heavy (non-hydrogen) atoms. The molecule has 0 bridgehead atoms. The number of nitrogens with one attached hydrogen (secondary N) is 1. The molecule has 0 aliphatic carbocycles. The summed E-state index contributed by atoms with van der Waals surface area (Å²) in [6, 6.07) is 15.0. The van der Waals surface area contributed by atoms with Gasteiger partial charge in [0.1, 0.15) is 11.9 Å². The summed E-state index contributed by atoms with van der Waals surface area (Å²) < 4.78 is 10.6. The van der Waals surface area contributed by atoms with Gasteiger partial charge in [-0.3, -0.25) is 4.99 Å². The molecule has 1 atom stereocenters. The van der Waals surface area contributed by atoms with Crippen LogP contribution in [0, 0.1) is 0 Å². The number of nitrogens with zero attached hydrogens (tertiary/aromatic N) is 1. The Bertz CT molecular complexity index is 682. The molecule has 0 amide bonds. The lowest BCUT2D eigenvalue weighted by atomic mass is 10.1. The van der Waals surface area contributed by atoms with Gasteiger partial charge in [-0.25, -0.2) is 0 Å². The Kier molecular flexibility index (Phi) is 8.88. The van der Waals surface area contributed by atoms with Crippen molar-refractivity contribution in [3.63, 3.8) is 0 Å². The highest BCUT2D eigenvalue weighted by Gasteiger charge is 2.10. The largest absolute Gasteiger partial charge is 0.497 e. The van der Waals surface area contributed by atoms with Gasteiger partial charge in [-0.1, -0.05) is 29.8 Å². The van der Waals surface area contributed by atoms with Crippen LogP contribution in [-0.2, 0) is 4.74 Å². The van der Waals surface area contributed by atoms with E-state index in [4.69, 9.17) is 26.8 Å². The van der Waals surface area contributed by atoms with Crippen molar-refractivity contribution < 1.29 is 9.47 Å². The second-order valence-corrected chi connectivity index (χ2v) is 5.30. The van der Waals surface area contributed by atoms with Gasteiger partial charge in [0.05, 0.1) is 13.7 Å². The third-order valence-electron chi connectivity index (χ3n) is 3.27. The maximum atomic E-state index is 6.00. The number of hydrogen-bond acceptors (Lipinski definition) is 3. The summed E-state index contributed by atoms with van der Waals surface area (Å²) in [4.78, 5) is 4.33. The van der Waals surface area contributed by atoms with Gasteiger partial charge in [0.2, 0.25) is 0 Å². The molecule has 0 heterocycles. The average Bonchev–Trinajstić information content (AvgIpc) is 2.55. The lowest BCUT2D eigenvalue weighted by Gasteiger charge is -2.14. The number of benzene rings is 2. The zero-order valence-corrected chi connectivity index (χ0v) is 16.6. The summed E-state index contributed by atoms with van der Waals surface area (Å²) in [6.45, 7) is 0.389. The van der Waals surface area contributed by atoms with E-state index in [0.717, 1.165) is 17.0 Å². The van der Waals surface area contributed by atoms with Crippen LogP contribution >= 0.6 is 35.6 Å². The minimum absolute atomic E-state index is 0. The van der Waals surface area contributed by atoms with Gasteiger partial charge in [-0.2, -0.15) is 0 Å². The van der Waals surface area contributed by atoms with E-state index in [1.165, 1.54) is 0 Å². The molecule has 0 aliphatic heterocycles. The summed E-state index contributed by atoms with van der Waals surface area (Å²) in [5.41, 5.74) is 7.69. The van der Waals surface area contributed by atoms with Gasteiger partial charge >= 0.3 is 0 Å². The third kappa shape index (κ3) is 6.18. The van der Waals surface area contributed by atoms with E-state index in [-0.39, 0.29) is 30.1 Å². The van der Waals surface area contributed by atoms with Crippen LogP contribution < -0.4 is 15.8 Å². The maximum Gasteiger partial charge on any atom is 0.193 e. The molecule has 3 N–H and O–H groups in total. The molecule has 0 aliphatic rings. The monoisotopic (exact) mass is 461 g/mol. The molecule has 2 rings (SSSR count). The molecule has 0 saturated heterocycles. The van der Waals surface area contributed by atoms with Gasteiger partial charge in [-0.05, 0) is 29.8 Å². The van der Waals surface area contributed by atoms with Gasteiger partial charge in [-0.15, -0.1) is 24.0 Å². The van der Waals surface area contributed by atoms with E-state index in [9.17, 15) is 0 Å². The zero-order chi connectivity index (χ0) is 16.7. The first-order chi connectivity index (χ1) is 11.1. The van der Waals surface area contributed by atoms with Crippen molar-refractivity contribution >= 4 is 47.2 Å². The second-order valence-electron chi connectivity index (χ2n) is 4.86. The minimum Gasteiger partial charge on any atom is -0.497 e. The smallest absolute Gasteiger partial charge is 0.193 e. The van der Waals surface area contributed by atoms with Crippen LogP contribution in [0.1, 0.15) is 11.7 Å². The van der Waals surface area contributed by atoms with E-state index >= 15 is 0 Å². The molecular weight excluding hydrogens is 441 g/mol. The van der Waals surface area contributed by atoms with Crippen LogP contribution in [0.25, 0.3) is 0 Å². The predicted molar refractivity (Wildman–Crippen MR) is 110 cm³/mol. The van der Waals surface area contributed by atoms with Crippen LogP contribution in [0.3, 0.4) is 0 Å². The highest BCUT2D eigenvalue weighted by atomic mass is 127. The molecule has 1 unspecified atom stereocenters. The van der Waals surface area contributed by atoms with Gasteiger partial charge < -0.3 is 20.5 Å². The van der Waals surface area contributed by atoms with E-state index in [2.05, 4.69) is 10.3 Å². The van der Waals surface area contributed by atoms with Crippen molar-refractivity contribution in [3.05, 3.63) is 59.1 Å². The Morgan fingerprint density at radius 3 is 2.62 bits per heavy atom. The van der Waals surface area contributed by atoms with Gasteiger partial charge in [0.15, 0.2) is 5.96 Å². The van der Waals surface area contributed by atoms with Gasteiger partial charge in [0, 0.05) is 23.9 Å². The van der Waals surface area contributed by atoms with Crippen molar-refractivity contribution in [1.82, 2.24) is 0 Å². The quantitative estimate of drug-likeness (QED) is 0.386. The zero-order valence-electron chi connectivity index (χ0n) is 13.5. The molecule has 0 fully saturated rings. The molecule has 7 heteroatoms. The number of anilines is 1. The fourth-order valence-corrected chi connectivity index (χ4v) is 2.29. The van der Waals surface area contributed by atoms with Crippen molar-refractivity contribution in [2.45, 2.75) is 6.10 Å². The van der Waals surface area contributed by atoms with Crippen LogP contribution in [0.15, 0.2) is 53.5 Å². The first-order valence-electron chi connectivity index (χ1n) is 7.11. The van der Waals surface area contributed by atoms with E-state index in [1.54, 1.807) is 14.2 Å². The Balaban J connectivity index is 0.00000288. The SMILES string of the molecule is COc1cccc(NC(N)=NCC(OC)c2cccc(Cl)c2)c1.I. The molecule has 5 nitrogen and oxygen atoms in total. The fraction of sp³-hybridized carbons (Fsp3) is 0.235. The minimum atomic E-state index is -0.209. The summed E-state index contributed by atoms with van der Waals surface area (Å²) in [5.74, 6) is 1.05. The van der Waals surface area contributed by atoms with Crippen molar-refractivity contribution in [2.24, 2.45) is 10.7 Å². The lowest BCUT2D eigenvalue weighted by Crippen LogP contribution is -2.23. The highest BCUT2D eigenvalue weighted by Crippen LogP contribution is 2.21. The van der Waals surface area contributed by atoms with Crippen LogP contribution in [-0.4, -0.2) is 26.7 Å². The summed E-state index contributed by atoms with van der Waals surface area (Å²) in [7, 11) is 3.25. The number of rotatable bonds is 6. The van der Waals surface area contributed by atoms with E-state index in [1.807, 2.05) is 48.5 Å². The fourth-order valence-electron chi connectivity index (χ4n) is 2.09. The van der Waals surface area contributed by atoms with Gasteiger partial charge in [0.25, 0.3) is 0 Å². The number of hydrogen-bond donors (Lipinski definition) is 2. The van der Waals surface area contributed by atoms with Crippen molar-refractivity contribution in [2.75, 3.05) is 26.1 Å². The topological polar surface area (TPSA) is 68.9 Å². The maximum absolute atomic E-state index is 6.00. The van der Waals surface area contributed by atoms with Crippen LogP contribution in [0.5, 0.6) is 5.75 Å². The molecule has 2 aromatic rings. The number of ether oxygens (including phenoxy) is 2. The molecular formula is C17H21ClIN3O2. The molecule has 0 spiro atoms. The third-order valence-corrected chi connectivity index (χ3v) is 3.51. The molecule has 0 aromatic heterocycles. The lowest BCUT2D eigenvalue weighted by molar-refractivity contribution is 0.111. The number of halogens is 2. The normalized spacial score (nSPS) is 12.2. The Labute approximate surface area is 164 Å². The van der Waals surface area contributed by atoms with Crippen LogP contribution in [0.4, 0.5) is 5.69 Å². The Morgan fingerprint density at radius 2 is 1.96 bits per heavy atom. The van der Waals surface area contributed by atoms with E-state index < -0.39 is 0 Å². The standard InChI is InChI=1S/C17H20ClN3O2.HI/c1-22-15-8-4-7-14(10-15)21-17(19)20-11-16(23-2)12-5-3-6-13(18)9-12;/h3-10,16H,11H2,1-2H3,(H3,19,20,21);1H. The summed E-state index contributed by atoms with van der Waals surface area (Å²) in [5, 5.41) is 3.69. The number of guanidine groups is 1. The molecule has 130 valence electrons.